The van der Waals surface area contributed by atoms with Crippen LogP contribution in [0.2, 0.25) is 0 Å². The van der Waals surface area contributed by atoms with Crippen LogP contribution in [0.5, 0.6) is 11.5 Å². The molecule has 2 rings (SSSR count). The SMILES string of the molecule is COc1ccc(OCc2ncc(C=O)s2)cc1. The molecule has 0 unspecified atom stereocenters. The summed E-state index contributed by atoms with van der Waals surface area (Å²) in [6, 6.07) is 7.31. The Kier molecular flexibility index (Phi) is 3.72. The smallest absolute Gasteiger partial charge is 0.161 e. The lowest BCUT2D eigenvalue weighted by Crippen LogP contribution is -1.94. The number of rotatable bonds is 5. The molecule has 0 amide bonds. The molecule has 0 saturated heterocycles. The van der Waals surface area contributed by atoms with Crippen molar-refractivity contribution in [1.82, 2.24) is 4.98 Å². The molecule has 88 valence electrons. The summed E-state index contributed by atoms with van der Waals surface area (Å²) in [5.74, 6) is 1.53. The number of hydrogen-bond acceptors (Lipinski definition) is 5. The van der Waals surface area contributed by atoms with Crippen LogP contribution in [0, 0.1) is 0 Å². The average Bonchev–Trinajstić information content (AvgIpc) is 2.85. The molecule has 0 saturated carbocycles. The van der Waals surface area contributed by atoms with E-state index in [4.69, 9.17) is 9.47 Å². The van der Waals surface area contributed by atoms with E-state index in [1.54, 1.807) is 13.3 Å². The molecule has 0 N–H and O–H groups in total. The molecule has 0 aliphatic heterocycles. The van der Waals surface area contributed by atoms with Gasteiger partial charge in [0, 0.05) is 6.20 Å². The zero-order chi connectivity index (χ0) is 12.1. The van der Waals surface area contributed by atoms with Gasteiger partial charge in [0.05, 0.1) is 12.0 Å². The van der Waals surface area contributed by atoms with Crippen LogP contribution in [0.3, 0.4) is 0 Å². The van der Waals surface area contributed by atoms with Crippen LogP contribution in [-0.2, 0) is 6.61 Å². The van der Waals surface area contributed by atoms with E-state index >= 15 is 0 Å². The monoisotopic (exact) mass is 249 g/mol. The van der Waals surface area contributed by atoms with E-state index < -0.39 is 0 Å². The summed E-state index contributed by atoms with van der Waals surface area (Å²) in [4.78, 5) is 15.2. The van der Waals surface area contributed by atoms with Crippen LogP contribution in [0.25, 0.3) is 0 Å². The Morgan fingerprint density at radius 1 is 1.29 bits per heavy atom. The molecule has 0 radical (unpaired) electrons. The van der Waals surface area contributed by atoms with Gasteiger partial charge in [-0.3, -0.25) is 4.79 Å². The molecule has 0 atom stereocenters. The molecule has 1 aromatic carbocycles. The minimum absolute atomic E-state index is 0.366. The molecule has 5 heteroatoms. The summed E-state index contributed by atoms with van der Waals surface area (Å²) in [5.41, 5.74) is 0. The maximum atomic E-state index is 10.5. The number of aldehydes is 1. The highest BCUT2D eigenvalue weighted by Gasteiger charge is 2.02. The molecule has 1 aromatic heterocycles. The van der Waals surface area contributed by atoms with Gasteiger partial charge in [0.1, 0.15) is 23.1 Å². The first-order chi connectivity index (χ1) is 8.31. The Balaban J connectivity index is 1.94. The van der Waals surface area contributed by atoms with Crippen LogP contribution < -0.4 is 9.47 Å². The number of carbonyl (C=O) groups excluding carboxylic acids is 1. The van der Waals surface area contributed by atoms with Gasteiger partial charge in [-0.15, -0.1) is 11.3 Å². The normalized spacial score (nSPS) is 9.94. The third kappa shape index (κ3) is 3.04. The molecule has 1 heterocycles. The number of benzene rings is 1. The van der Waals surface area contributed by atoms with E-state index in [0.717, 1.165) is 22.8 Å². The molecule has 0 aliphatic rings. The predicted octanol–water partition coefficient (Wildman–Crippen LogP) is 2.54. The molecular weight excluding hydrogens is 238 g/mol. The minimum atomic E-state index is 0.366. The van der Waals surface area contributed by atoms with Gasteiger partial charge in [-0.1, -0.05) is 0 Å². The van der Waals surface area contributed by atoms with Gasteiger partial charge in [-0.05, 0) is 24.3 Å². The highest BCUT2D eigenvalue weighted by Crippen LogP contribution is 2.19. The standard InChI is InChI=1S/C12H11NO3S/c1-15-9-2-4-10(5-3-9)16-8-12-13-6-11(7-14)17-12/h2-7H,8H2,1H3. The van der Waals surface area contributed by atoms with Crippen LogP contribution in [-0.4, -0.2) is 18.4 Å². The summed E-state index contributed by atoms with van der Waals surface area (Å²) in [6.07, 6.45) is 2.33. The number of aromatic nitrogens is 1. The summed E-state index contributed by atoms with van der Waals surface area (Å²) >= 11 is 1.33. The Labute approximate surface area is 103 Å². The second kappa shape index (κ2) is 5.45. The van der Waals surface area contributed by atoms with Crippen LogP contribution in [0.4, 0.5) is 0 Å². The highest BCUT2D eigenvalue weighted by molar-refractivity contribution is 7.13. The summed E-state index contributed by atoms with van der Waals surface area (Å²) < 4.78 is 10.6. The van der Waals surface area contributed by atoms with Gasteiger partial charge in [0.25, 0.3) is 0 Å². The zero-order valence-electron chi connectivity index (χ0n) is 9.25. The van der Waals surface area contributed by atoms with Crippen LogP contribution in [0.15, 0.2) is 30.5 Å². The number of thiazole rings is 1. The first kappa shape index (κ1) is 11.6. The largest absolute Gasteiger partial charge is 0.497 e. The molecule has 0 bridgehead atoms. The van der Waals surface area contributed by atoms with Crippen molar-refractivity contribution in [1.29, 1.82) is 0 Å². The fourth-order valence-electron chi connectivity index (χ4n) is 1.26. The molecular formula is C12H11NO3S. The fraction of sp³-hybridized carbons (Fsp3) is 0.167. The third-order valence-corrected chi connectivity index (χ3v) is 3.01. The minimum Gasteiger partial charge on any atom is -0.497 e. The average molecular weight is 249 g/mol. The number of ether oxygens (including phenoxy) is 2. The van der Waals surface area contributed by atoms with Crippen molar-refractivity contribution < 1.29 is 14.3 Å². The van der Waals surface area contributed by atoms with Crippen LogP contribution in [0.1, 0.15) is 14.7 Å². The van der Waals surface area contributed by atoms with E-state index in [2.05, 4.69) is 4.98 Å². The summed E-state index contributed by atoms with van der Waals surface area (Å²) in [7, 11) is 1.62. The Bertz CT molecular complexity index is 493. The number of nitrogens with zero attached hydrogens (tertiary/aromatic N) is 1. The Morgan fingerprint density at radius 2 is 2.00 bits per heavy atom. The third-order valence-electron chi connectivity index (χ3n) is 2.11. The van der Waals surface area contributed by atoms with Crippen molar-refractivity contribution in [3.8, 4) is 11.5 Å². The van der Waals surface area contributed by atoms with Gasteiger partial charge in [-0.2, -0.15) is 0 Å². The lowest BCUT2D eigenvalue weighted by molar-refractivity contribution is 0.112. The molecule has 0 fully saturated rings. The number of carbonyl (C=O) groups is 1. The van der Waals surface area contributed by atoms with Gasteiger partial charge >= 0.3 is 0 Å². The number of methoxy groups -OCH3 is 1. The van der Waals surface area contributed by atoms with Gasteiger partial charge in [0.15, 0.2) is 6.29 Å². The van der Waals surface area contributed by atoms with E-state index in [9.17, 15) is 4.79 Å². The van der Waals surface area contributed by atoms with Crippen molar-refractivity contribution in [3.63, 3.8) is 0 Å². The molecule has 0 spiro atoms. The second-order valence-corrected chi connectivity index (χ2v) is 4.39. The predicted molar refractivity (Wildman–Crippen MR) is 64.8 cm³/mol. The first-order valence-electron chi connectivity index (χ1n) is 4.98. The Morgan fingerprint density at radius 3 is 2.59 bits per heavy atom. The van der Waals surface area contributed by atoms with E-state index in [1.807, 2.05) is 24.3 Å². The van der Waals surface area contributed by atoms with Gasteiger partial charge in [-0.25, -0.2) is 4.98 Å². The first-order valence-corrected chi connectivity index (χ1v) is 5.80. The van der Waals surface area contributed by atoms with E-state index in [0.29, 0.717) is 11.5 Å². The van der Waals surface area contributed by atoms with E-state index in [-0.39, 0.29) is 0 Å². The van der Waals surface area contributed by atoms with Crippen molar-refractivity contribution in [3.05, 3.63) is 40.3 Å². The highest BCUT2D eigenvalue weighted by atomic mass is 32.1. The lowest BCUT2D eigenvalue weighted by atomic mass is 10.3. The summed E-state index contributed by atoms with van der Waals surface area (Å²) in [6.45, 7) is 0.366. The molecule has 2 aromatic rings. The van der Waals surface area contributed by atoms with Crippen molar-refractivity contribution in [2.75, 3.05) is 7.11 Å². The molecule has 4 nitrogen and oxygen atoms in total. The van der Waals surface area contributed by atoms with Crippen molar-refractivity contribution in [2.45, 2.75) is 6.61 Å². The fourth-order valence-corrected chi connectivity index (χ4v) is 1.91. The summed E-state index contributed by atoms with van der Waals surface area (Å²) in [5, 5.41) is 0.780. The maximum Gasteiger partial charge on any atom is 0.161 e. The van der Waals surface area contributed by atoms with Crippen LogP contribution >= 0.6 is 11.3 Å². The Hall–Kier alpha value is -1.88. The quantitative estimate of drug-likeness (QED) is 0.764. The van der Waals surface area contributed by atoms with Crippen molar-refractivity contribution >= 4 is 17.6 Å². The topological polar surface area (TPSA) is 48.4 Å². The maximum absolute atomic E-state index is 10.5. The van der Waals surface area contributed by atoms with Gasteiger partial charge in [0.2, 0.25) is 0 Å². The number of hydrogen-bond donors (Lipinski definition) is 0. The lowest BCUT2D eigenvalue weighted by Gasteiger charge is -2.04. The molecule has 17 heavy (non-hydrogen) atoms. The second-order valence-electron chi connectivity index (χ2n) is 3.24. The van der Waals surface area contributed by atoms with Crippen molar-refractivity contribution in [2.24, 2.45) is 0 Å². The van der Waals surface area contributed by atoms with E-state index in [1.165, 1.54) is 11.3 Å². The molecule has 0 aliphatic carbocycles. The van der Waals surface area contributed by atoms with Gasteiger partial charge < -0.3 is 9.47 Å². The zero-order valence-corrected chi connectivity index (χ0v) is 10.1.